The molecule has 1 saturated carbocycles. The zero-order valence-corrected chi connectivity index (χ0v) is 11.3. The molecule has 3 nitrogen and oxygen atoms in total. The number of carboxylic acids is 1. The Balaban J connectivity index is 2.11. The highest BCUT2D eigenvalue weighted by Crippen LogP contribution is 2.41. The Kier molecular flexibility index (Phi) is 3.33. The molecule has 0 spiro atoms. The van der Waals surface area contributed by atoms with E-state index in [1.807, 2.05) is 0 Å². The van der Waals surface area contributed by atoms with Gasteiger partial charge in [-0.15, -0.1) is 0 Å². The summed E-state index contributed by atoms with van der Waals surface area (Å²) in [5, 5.41) is 12.6. The van der Waals surface area contributed by atoms with Crippen molar-refractivity contribution in [3.05, 3.63) is 28.8 Å². The molecule has 0 bridgehead atoms. The number of hydrogen-bond acceptors (Lipinski definition) is 2. The first-order valence-electron chi connectivity index (χ1n) is 6.50. The number of aliphatic carboxylic acids is 1. The van der Waals surface area contributed by atoms with Gasteiger partial charge in [0.25, 0.3) is 0 Å². The van der Waals surface area contributed by atoms with Gasteiger partial charge in [0.15, 0.2) is 0 Å². The molecule has 0 aromatic heterocycles. The smallest absolute Gasteiger partial charge is 0.311 e. The minimum Gasteiger partial charge on any atom is -0.481 e. The van der Waals surface area contributed by atoms with Crippen LogP contribution in [-0.4, -0.2) is 17.6 Å². The standard InChI is InChI=1S/C15H21NO2/c1-10-7-12(3)13(8-11(10)2)16-9-15(14(17)18)5-4-6-15/h7-8,16H,4-6,9H2,1-3H3,(H,17,18). The molecule has 2 N–H and O–H groups in total. The number of hydrogen-bond donors (Lipinski definition) is 2. The van der Waals surface area contributed by atoms with Crippen molar-refractivity contribution in [1.29, 1.82) is 0 Å². The monoisotopic (exact) mass is 247 g/mol. The van der Waals surface area contributed by atoms with Gasteiger partial charge in [-0.05, 0) is 56.4 Å². The predicted octanol–water partition coefficient (Wildman–Crippen LogP) is 3.28. The fourth-order valence-electron chi connectivity index (χ4n) is 2.49. The van der Waals surface area contributed by atoms with Crippen LogP contribution in [0.1, 0.15) is 36.0 Å². The van der Waals surface area contributed by atoms with Crippen molar-refractivity contribution in [1.82, 2.24) is 0 Å². The summed E-state index contributed by atoms with van der Waals surface area (Å²) < 4.78 is 0. The van der Waals surface area contributed by atoms with E-state index < -0.39 is 11.4 Å². The van der Waals surface area contributed by atoms with Gasteiger partial charge in [0, 0.05) is 12.2 Å². The van der Waals surface area contributed by atoms with Crippen LogP contribution in [0.3, 0.4) is 0 Å². The Hall–Kier alpha value is -1.51. The second-order valence-corrected chi connectivity index (χ2v) is 5.54. The molecule has 0 heterocycles. The molecule has 2 rings (SSSR count). The van der Waals surface area contributed by atoms with Gasteiger partial charge in [0.05, 0.1) is 5.41 Å². The van der Waals surface area contributed by atoms with E-state index in [1.54, 1.807) is 0 Å². The molecule has 0 aliphatic heterocycles. The Morgan fingerprint density at radius 2 is 1.83 bits per heavy atom. The molecule has 0 saturated heterocycles. The topological polar surface area (TPSA) is 49.3 Å². The van der Waals surface area contributed by atoms with Gasteiger partial charge >= 0.3 is 5.97 Å². The maximum atomic E-state index is 11.3. The van der Waals surface area contributed by atoms with Crippen LogP contribution < -0.4 is 5.32 Å². The van der Waals surface area contributed by atoms with Gasteiger partial charge in [0.2, 0.25) is 0 Å². The zero-order valence-electron chi connectivity index (χ0n) is 11.3. The minimum absolute atomic E-state index is 0.533. The van der Waals surface area contributed by atoms with E-state index >= 15 is 0 Å². The largest absolute Gasteiger partial charge is 0.481 e. The van der Waals surface area contributed by atoms with E-state index in [4.69, 9.17) is 0 Å². The van der Waals surface area contributed by atoms with Crippen molar-refractivity contribution < 1.29 is 9.90 Å². The van der Waals surface area contributed by atoms with Gasteiger partial charge in [-0.25, -0.2) is 0 Å². The first-order valence-corrected chi connectivity index (χ1v) is 6.50. The Bertz CT molecular complexity index is 476. The molecule has 18 heavy (non-hydrogen) atoms. The van der Waals surface area contributed by atoms with Crippen molar-refractivity contribution in [2.24, 2.45) is 5.41 Å². The summed E-state index contributed by atoms with van der Waals surface area (Å²) in [5.74, 6) is -0.664. The molecule has 0 amide bonds. The molecule has 1 aromatic carbocycles. The molecule has 1 aromatic rings. The minimum atomic E-state index is -0.664. The highest BCUT2D eigenvalue weighted by molar-refractivity contribution is 5.76. The summed E-state index contributed by atoms with van der Waals surface area (Å²) in [4.78, 5) is 11.3. The van der Waals surface area contributed by atoms with Crippen LogP contribution in [0.2, 0.25) is 0 Å². The van der Waals surface area contributed by atoms with Crippen LogP contribution in [0.5, 0.6) is 0 Å². The van der Waals surface area contributed by atoms with Crippen molar-refractivity contribution in [3.63, 3.8) is 0 Å². The second-order valence-electron chi connectivity index (χ2n) is 5.54. The Morgan fingerprint density at radius 3 is 2.33 bits per heavy atom. The lowest BCUT2D eigenvalue weighted by atomic mass is 9.68. The van der Waals surface area contributed by atoms with Crippen LogP contribution in [0.4, 0.5) is 5.69 Å². The number of anilines is 1. The first kappa shape index (κ1) is 12.9. The Morgan fingerprint density at radius 1 is 1.22 bits per heavy atom. The number of rotatable bonds is 4. The molecular formula is C15H21NO2. The third kappa shape index (κ3) is 2.22. The van der Waals surface area contributed by atoms with Crippen molar-refractivity contribution in [2.45, 2.75) is 40.0 Å². The fraction of sp³-hybridized carbons (Fsp3) is 0.533. The molecule has 1 aliphatic carbocycles. The summed E-state index contributed by atoms with van der Waals surface area (Å²) in [6, 6.07) is 4.25. The van der Waals surface area contributed by atoms with Crippen LogP contribution >= 0.6 is 0 Å². The number of aryl methyl sites for hydroxylation is 3. The van der Waals surface area contributed by atoms with E-state index in [0.29, 0.717) is 6.54 Å². The Labute approximate surface area is 108 Å². The summed E-state index contributed by atoms with van der Waals surface area (Å²) in [6.07, 6.45) is 2.61. The van der Waals surface area contributed by atoms with E-state index in [1.165, 1.54) is 16.7 Å². The van der Waals surface area contributed by atoms with Gasteiger partial charge in [-0.3, -0.25) is 4.79 Å². The lowest BCUT2D eigenvalue weighted by molar-refractivity contribution is -0.153. The van der Waals surface area contributed by atoms with E-state index in [9.17, 15) is 9.90 Å². The van der Waals surface area contributed by atoms with Crippen LogP contribution in [0.15, 0.2) is 12.1 Å². The molecule has 3 heteroatoms. The van der Waals surface area contributed by atoms with Crippen molar-refractivity contribution in [2.75, 3.05) is 11.9 Å². The molecular weight excluding hydrogens is 226 g/mol. The average Bonchev–Trinajstić information content (AvgIpc) is 2.23. The van der Waals surface area contributed by atoms with E-state index in [2.05, 4.69) is 38.2 Å². The fourth-order valence-corrected chi connectivity index (χ4v) is 2.49. The molecule has 1 fully saturated rings. The predicted molar refractivity (Wildman–Crippen MR) is 73.1 cm³/mol. The third-order valence-electron chi connectivity index (χ3n) is 4.22. The van der Waals surface area contributed by atoms with Crippen molar-refractivity contribution in [3.8, 4) is 0 Å². The normalized spacial score (nSPS) is 17.1. The SMILES string of the molecule is Cc1cc(C)c(NCC2(C(=O)O)CCC2)cc1C. The van der Waals surface area contributed by atoms with Gasteiger partial charge in [-0.2, -0.15) is 0 Å². The van der Waals surface area contributed by atoms with Crippen LogP contribution in [0, 0.1) is 26.2 Å². The lowest BCUT2D eigenvalue weighted by Gasteiger charge is -2.38. The number of carboxylic acid groups (broad SMARTS) is 1. The van der Waals surface area contributed by atoms with Gasteiger partial charge in [-0.1, -0.05) is 12.5 Å². The first-order chi connectivity index (χ1) is 8.44. The van der Waals surface area contributed by atoms with E-state index in [0.717, 1.165) is 24.9 Å². The van der Waals surface area contributed by atoms with Crippen molar-refractivity contribution >= 4 is 11.7 Å². The average molecular weight is 247 g/mol. The summed E-state index contributed by atoms with van der Waals surface area (Å²) >= 11 is 0. The highest BCUT2D eigenvalue weighted by Gasteiger charge is 2.44. The molecule has 98 valence electrons. The lowest BCUT2D eigenvalue weighted by Crippen LogP contribution is -2.43. The summed E-state index contributed by atoms with van der Waals surface area (Å²) in [5.41, 5.74) is 4.21. The molecule has 0 radical (unpaired) electrons. The summed E-state index contributed by atoms with van der Waals surface area (Å²) in [6.45, 7) is 6.77. The highest BCUT2D eigenvalue weighted by atomic mass is 16.4. The van der Waals surface area contributed by atoms with E-state index in [-0.39, 0.29) is 0 Å². The van der Waals surface area contributed by atoms with Gasteiger partial charge < -0.3 is 10.4 Å². The second kappa shape index (κ2) is 4.63. The number of carbonyl (C=O) groups is 1. The quantitative estimate of drug-likeness (QED) is 0.858. The third-order valence-corrected chi connectivity index (χ3v) is 4.22. The molecule has 1 aliphatic rings. The molecule has 0 atom stereocenters. The zero-order chi connectivity index (χ0) is 13.3. The maximum Gasteiger partial charge on any atom is 0.311 e. The van der Waals surface area contributed by atoms with Crippen LogP contribution in [0.25, 0.3) is 0 Å². The summed E-state index contributed by atoms with van der Waals surface area (Å²) in [7, 11) is 0. The maximum absolute atomic E-state index is 11.3. The number of nitrogens with one attached hydrogen (secondary N) is 1. The molecule has 0 unspecified atom stereocenters. The van der Waals surface area contributed by atoms with Gasteiger partial charge in [0.1, 0.15) is 0 Å². The van der Waals surface area contributed by atoms with Crippen LogP contribution in [-0.2, 0) is 4.79 Å². The number of benzene rings is 1.